The SMILES string of the molecule is NC(=O)Cc1ccccc1NC(=O)c1ccnc(Br)c1. The van der Waals surface area contributed by atoms with Crippen LogP contribution in [-0.4, -0.2) is 16.8 Å². The first-order valence-corrected chi connectivity index (χ1v) is 6.64. The Labute approximate surface area is 124 Å². The molecule has 5 nitrogen and oxygen atoms in total. The molecule has 0 aliphatic heterocycles. The summed E-state index contributed by atoms with van der Waals surface area (Å²) < 4.78 is 0.579. The largest absolute Gasteiger partial charge is 0.369 e. The molecule has 1 aromatic heterocycles. The Morgan fingerprint density at radius 2 is 2.00 bits per heavy atom. The second-order valence-electron chi connectivity index (χ2n) is 4.12. The molecule has 2 amide bonds. The molecule has 0 unspecified atom stereocenters. The molecule has 0 aliphatic rings. The van der Waals surface area contributed by atoms with E-state index in [2.05, 4.69) is 26.2 Å². The molecule has 3 N–H and O–H groups in total. The molecule has 0 saturated heterocycles. The number of carbonyl (C=O) groups is 2. The van der Waals surface area contributed by atoms with Crippen LogP contribution in [0.4, 0.5) is 5.69 Å². The van der Waals surface area contributed by atoms with Crippen LogP contribution in [0.2, 0.25) is 0 Å². The smallest absolute Gasteiger partial charge is 0.255 e. The van der Waals surface area contributed by atoms with Gasteiger partial charge in [-0.25, -0.2) is 4.98 Å². The molecule has 2 rings (SSSR count). The lowest BCUT2D eigenvalue weighted by atomic mass is 10.1. The van der Waals surface area contributed by atoms with E-state index in [0.717, 1.165) is 0 Å². The topological polar surface area (TPSA) is 85.1 Å². The molecule has 0 saturated carbocycles. The van der Waals surface area contributed by atoms with Crippen molar-refractivity contribution < 1.29 is 9.59 Å². The number of benzene rings is 1. The van der Waals surface area contributed by atoms with Gasteiger partial charge in [0.1, 0.15) is 4.60 Å². The van der Waals surface area contributed by atoms with Gasteiger partial charge in [0, 0.05) is 17.4 Å². The molecule has 0 bridgehead atoms. The third-order valence-corrected chi connectivity index (χ3v) is 3.05. The minimum Gasteiger partial charge on any atom is -0.369 e. The summed E-state index contributed by atoms with van der Waals surface area (Å²) in [4.78, 5) is 27.1. The first kappa shape index (κ1) is 14.2. The molecule has 1 aromatic carbocycles. The van der Waals surface area contributed by atoms with E-state index >= 15 is 0 Å². The van der Waals surface area contributed by atoms with E-state index in [0.29, 0.717) is 21.4 Å². The highest BCUT2D eigenvalue weighted by atomic mass is 79.9. The Kier molecular flexibility index (Phi) is 4.47. The van der Waals surface area contributed by atoms with E-state index in [1.54, 1.807) is 36.4 Å². The number of anilines is 1. The van der Waals surface area contributed by atoms with Crippen LogP contribution in [0.15, 0.2) is 47.2 Å². The van der Waals surface area contributed by atoms with E-state index in [9.17, 15) is 9.59 Å². The number of hydrogen-bond acceptors (Lipinski definition) is 3. The number of aromatic nitrogens is 1. The highest BCUT2D eigenvalue weighted by Crippen LogP contribution is 2.17. The maximum Gasteiger partial charge on any atom is 0.255 e. The van der Waals surface area contributed by atoms with Crippen LogP contribution in [0.25, 0.3) is 0 Å². The lowest BCUT2D eigenvalue weighted by Crippen LogP contribution is -2.17. The number of nitrogens with two attached hydrogens (primary N) is 1. The van der Waals surface area contributed by atoms with Crippen molar-refractivity contribution in [3.8, 4) is 0 Å². The van der Waals surface area contributed by atoms with Gasteiger partial charge >= 0.3 is 0 Å². The molecule has 1 heterocycles. The number of pyridine rings is 1. The van der Waals surface area contributed by atoms with Crippen molar-refractivity contribution in [2.24, 2.45) is 5.73 Å². The number of carbonyl (C=O) groups excluding carboxylic acids is 2. The zero-order valence-electron chi connectivity index (χ0n) is 10.5. The second-order valence-corrected chi connectivity index (χ2v) is 4.93. The van der Waals surface area contributed by atoms with Crippen molar-refractivity contribution in [1.82, 2.24) is 4.98 Å². The molecule has 0 radical (unpaired) electrons. The summed E-state index contributed by atoms with van der Waals surface area (Å²) in [6, 6.07) is 10.3. The van der Waals surface area contributed by atoms with Gasteiger partial charge in [0.15, 0.2) is 0 Å². The number of primary amides is 1. The summed E-state index contributed by atoms with van der Waals surface area (Å²) in [5.74, 6) is -0.719. The molecule has 6 heteroatoms. The number of hydrogen-bond donors (Lipinski definition) is 2. The average molecular weight is 334 g/mol. The van der Waals surface area contributed by atoms with E-state index in [1.165, 1.54) is 6.20 Å². The summed E-state index contributed by atoms with van der Waals surface area (Å²) >= 11 is 3.21. The van der Waals surface area contributed by atoms with Crippen molar-refractivity contribution in [2.75, 3.05) is 5.32 Å². The predicted molar refractivity (Wildman–Crippen MR) is 79.2 cm³/mol. The first-order chi connectivity index (χ1) is 9.56. The monoisotopic (exact) mass is 333 g/mol. The van der Waals surface area contributed by atoms with Gasteiger partial charge in [0.25, 0.3) is 5.91 Å². The fourth-order valence-corrected chi connectivity index (χ4v) is 2.09. The molecule has 0 fully saturated rings. The maximum atomic E-state index is 12.1. The fraction of sp³-hybridized carbons (Fsp3) is 0.0714. The van der Waals surface area contributed by atoms with Gasteiger partial charge in [-0.3, -0.25) is 9.59 Å². The fourth-order valence-electron chi connectivity index (χ4n) is 1.72. The minimum atomic E-state index is -0.446. The van der Waals surface area contributed by atoms with Crippen molar-refractivity contribution in [3.05, 3.63) is 58.3 Å². The number of amides is 2. The number of para-hydroxylation sites is 1. The Balaban J connectivity index is 2.21. The van der Waals surface area contributed by atoms with Gasteiger partial charge in [-0.05, 0) is 39.7 Å². The highest BCUT2D eigenvalue weighted by Gasteiger charge is 2.10. The van der Waals surface area contributed by atoms with E-state index in [4.69, 9.17) is 5.73 Å². The van der Waals surface area contributed by atoms with Crippen LogP contribution in [0.1, 0.15) is 15.9 Å². The van der Waals surface area contributed by atoms with Crippen molar-refractivity contribution in [3.63, 3.8) is 0 Å². The molecule has 102 valence electrons. The van der Waals surface area contributed by atoms with Crippen LogP contribution in [0.5, 0.6) is 0 Å². The summed E-state index contributed by atoms with van der Waals surface area (Å²) in [6.07, 6.45) is 1.62. The van der Waals surface area contributed by atoms with Crippen LogP contribution >= 0.6 is 15.9 Å². The van der Waals surface area contributed by atoms with Crippen LogP contribution in [-0.2, 0) is 11.2 Å². The number of nitrogens with one attached hydrogen (secondary N) is 1. The number of halogens is 1. The highest BCUT2D eigenvalue weighted by molar-refractivity contribution is 9.10. The average Bonchev–Trinajstić information content (AvgIpc) is 2.40. The van der Waals surface area contributed by atoms with Crippen molar-refractivity contribution in [1.29, 1.82) is 0 Å². The van der Waals surface area contributed by atoms with Crippen LogP contribution < -0.4 is 11.1 Å². The van der Waals surface area contributed by atoms with Crippen molar-refractivity contribution >= 4 is 33.4 Å². The Morgan fingerprint density at radius 1 is 1.25 bits per heavy atom. The Bertz CT molecular complexity index is 658. The summed E-state index contributed by atoms with van der Waals surface area (Å²) in [5.41, 5.74) is 6.92. The normalized spacial score (nSPS) is 10.1. The second kappa shape index (κ2) is 6.29. The van der Waals surface area contributed by atoms with Gasteiger partial charge in [-0.2, -0.15) is 0 Å². The van der Waals surface area contributed by atoms with Crippen molar-refractivity contribution in [2.45, 2.75) is 6.42 Å². The van der Waals surface area contributed by atoms with Gasteiger partial charge < -0.3 is 11.1 Å². The summed E-state index contributed by atoms with van der Waals surface area (Å²) in [7, 11) is 0. The summed E-state index contributed by atoms with van der Waals surface area (Å²) in [5, 5.41) is 2.76. The zero-order chi connectivity index (χ0) is 14.5. The Morgan fingerprint density at radius 3 is 2.70 bits per heavy atom. The third-order valence-electron chi connectivity index (χ3n) is 2.62. The predicted octanol–water partition coefficient (Wildman–Crippen LogP) is 2.12. The minimum absolute atomic E-state index is 0.0799. The molecule has 0 atom stereocenters. The molecule has 20 heavy (non-hydrogen) atoms. The lowest BCUT2D eigenvalue weighted by Gasteiger charge is -2.10. The van der Waals surface area contributed by atoms with Gasteiger partial charge in [-0.15, -0.1) is 0 Å². The maximum absolute atomic E-state index is 12.1. The standard InChI is InChI=1S/C14H12BrN3O2/c15-12-7-10(5-6-17-12)14(20)18-11-4-2-1-3-9(11)8-13(16)19/h1-7H,8H2,(H2,16,19)(H,18,20). The summed E-state index contributed by atoms with van der Waals surface area (Å²) in [6.45, 7) is 0. The lowest BCUT2D eigenvalue weighted by molar-refractivity contribution is -0.117. The molecule has 0 spiro atoms. The molecular formula is C14H12BrN3O2. The molecule has 0 aliphatic carbocycles. The van der Waals surface area contributed by atoms with E-state index < -0.39 is 5.91 Å². The zero-order valence-corrected chi connectivity index (χ0v) is 12.1. The number of rotatable bonds is 4. The van der Waals surface area contributed by atoms with Gasteiger partial charge in [0.2, 0.25) is 5.91 Å². The third kappa shape index (κ3) is 3.64. The van der Waals surface area contributed by atoms with Crippen LogP contribution in [0, 0.1) is 0 Å². The van der Waals surface area contributed by atoms with E-state index in [-0.39, 0.29) is 12.3 Å². The first-order valence-electron chi connectivity index (χ1n) is 5.85. The quantitative estimate of drug-likeness (QED) is 0.840. The molecular weight excluding hydrogens is 322 g/mol. The Hall–Kier alpha value is -2.21. The van der Waals surface area contributed by atoms with Gasteiger partial charge in [-0.1, -0.05) is 18.2 Å². The molecule has 2 aromatic rings. The van der Waals surface area contributed by atoms with E-state index in [1.807, 2.05) is 0 Å². The van der Waals surface area contributed by atoms with Crippen LogP contribution in [0.3, 0.4) is 0 Å². The number of nitrogens with zero attached hydrogens (tertiary/aromatic N) is 1. The van der Waals surface area contributed by atoms with Gasteiger partial charge in [0.05, 0.1) is 6.42 Å².